The number of aromatic hydroxyl groups is 1. The van der Waals surface area contributed by atoms with Crippen LogP contribution in [0.15, 0.2) is 140 Å². The third-order valence-corrected chi connectivity index (χ3v) is 12.2. The number of hydrogen-bond acceptors (Lipinski definition) is 3. The highest BCUT2D eigenvalue weighted by Crippen LogP contribution is 2.45. The standard InChI is InChI=1S/C59H63N3O/c1-37-28-41(38-18-15-14-16-19-38)33-47(29-37)62-52-21-17-20-48(53(52)61-55(62)49-35-46(58(8,9)10)36-50(54(49)63)59(11,12)13)42-30-43(32-45(31-42)57(5,6)7)51-34-40(26-27-60-51)39-22-24-44(25-23-39)56(2,3)4/h14-36,63H,1-13H3/i1D3. The van der Waals surface area contributed by atoms with Crippen molar-refractivity contribution in [3.63, 3.8) is 0 Å². The van der Waals surface area contributed by atoms with Crippen LogP contribution in [0.3, 0.4) is 0 Å². The Kier molecular flexibility index (Phi) is 9.94. The highest BCUT2D eigenvalue weighted by molar-refractivity contribution is 5.97. The van der Waals surface area contributed by atoms with E-state index in [0.717, 1.165) is 72.4 Å². The zero-order valence-corrected chi connectivity index (χ0v) is 39.1. The third kappa shape index (κ3) is 8.74. The van der Waals surface area contributed by atoms with Crippen LogP contribution >= 0.6 is 0 Å². The van der Waals surface area contributed by atoms with Crippen LogP contribution in [-0.2, 0) is 21.7 Å². The summed E-state index contributed by atoms with van der Waals surface area (Å²) >= 11 is 0. The van der Waals surface area contributed by atoms with Crippen LogP contribution in [0.2, 0.25) is 0 Å². The fourth-order valence-electron chi connectivity index (χ4n) is 8.42. The van der Waals surface area contributed by atoms with E-state index in [4.69, 9.17) is 14.1 Å². The van der Waals surface area contributed by atoms with E-state index < -0.39 is 12.3 Å². The number of fused-ring (bicyclic) bond motifs is 1. The van der Waals surface area contributed by atoms with Gasteiger partial charge in [0.2, 0.25) is 0 Å². The first-order valence-corrected chi connectivity index (χ1v) is 22.1. The number of phenolic OH excluding ortho intramolecular Hbond substituents is 1. The van der Waals surface area contributed by atoms with Crippen LogP contribution in [0.25, 0.3) is 72.7 Å². The number of rotatable bonds is 6. The molecule has 8 aromatic rings. The Labute approximate surface area is 380 Å². The summed E-state index contributed by atoms with van der Waals surface area (Å²) in [5.74, 6) is 0.673. The molecule has 0 aliphatic heterocycles. The predicted octanol–water partition coefficient (Wildman–Crippen LogP) is 16.0. The molecule has 0 bridgehead atoms. The Morgan fingerprint density at radius 3 is 1.79 bits per heavy atom. The van der Waals surface area contributed by atoms with Crippen molar-refractivity contribution in [1.29, 1.82) is 0 Å². The molecular formula is C59H63N3O. The number of benzene rings is 6. The molecule has 1 N–H and O–H groups in total. The van der Waals surface area contributed by atoms with E-state index in [0.29, 0.717) is 17.1 Å². The van der Waals surface area contributed by atoms with Crippen LogP contribution < -0.4 is 0 Å². The van der Waals surface area contributed by atoms with Gasteiger partial charge in [-0.05, 0) is 127 Å². The molecule has 8 rings (SSSR count). The van der Waals surface area contributed by atoms with Crippen molar-refractivity contribution in [2.45, 2.75) is 112 Å². The van der Waals surface area contributed by atoms with Gasteiger partial charge in [-0.2, -0.15) is 0 Å². The molecule has 0 saturated carbocycles. The fraction of sp³-hybridized carbons (Fsp3) is 0.288. The summed E-state index contributed by atoms with van der Waals surface area (Å²) in [7, 11) is 0. The number of phenols is 1. The lowest BCUT2D eigenvalue weighted by molar-refractivity contribution is 0.446. The second kappa shape index (κ2) is 15.8. The zero-order valence-electron chi connectivity index (χ0n) is 42.1. The van der Waals surface area contributed by atoms with Crippen molar-refractivity contribution in [1.82, 2.24) is 14.5 Å². The maximum absolute atomic E-state index is 12.5. The van der Waals surface area contributed by atoms with Gasteiger partial charge in [0.1, 0.15) is 11.6 Å². The molecule has 2 aromatic heterocycles. The largest absolute Gasteiger partial charge is 0.507 e. The van der Waals surface area contributed by atoms with Crippen molar-refractivity contribution in [3.05, 3.63) is 167 Å². The van der Waals surface area contributed by atoms with Gasteiger partial charge in [-0.3, -0.25) is 9.55 Å². The van der Waals surface area contributed by atoms with Gasteiger partial charge < -0.3 is 5.11 Å². The molecule has 0 aliphatic rings. The van der Waals surface area contributed by atoms with Crippen molar-refractivity contribution in [3.8, 4) is 67.5 Å². The zero-order chi connectivity index (χ0) is 47.7. The maximum Gasteiger partial charge on any atom is 0.149 e. The Morgan fingerprint density at radius 1 is 0.492 bits per heavy atom. The van der Waals surface area contributed by atoms with E-state index in [1.54, 1.807) is 12.1 Å². The summed E-state index contributed by atoms with van der Waals surface area (Å²) in [6.07, 6.45) is 1.89. The normalized spacial score (nSPS) is 13.5. The lowest BCUT2D eigenvalue weighted by Gasteiger charge is -2.27. The summed E-state index contributed by atoms with van der Waals surface area (Å²) < 4.78 is 27.9. The number of para-hydroxylation sites is 1. The summed E-state index contributed by atoms with van der Waals surface area (Å²) in [6, 6.07) is 45.5. The van der Waals surface area contributed by atoms with E-state index in [2.05, 4.69) is 156 Å². The molecule has 6 aromatic carbocycles. The number of nitrogens with zero attached hydrogens (tertiary/aromatic N) is 3. The second-order valence-corrected chi connectivity index (χ2v) is 21.3. The molecule has 2 heterocycles. The highest BCUT2D eigenvalue weighted by Gasteiger charge is 2.29. The van der Waals surface area contributed by atoms with Crippen LogP contribution in [-0.4, -0.2) is 19.6 Å². The molecule has 63 heavy (non-hydrogen) atoms. The first-order chi connectivity index (χ1) is 30.8. The summed E-state index contributed by atoms with van der Waals surface area (Å²) in [6.45, 7) is 23.8. The fourth-order valence-corrected chi connectivity index (χ4v) is 8.42. The van der Waals surface area contributed by atoms with Gasteiger partial charge in [0.15, 0.2) is 0 Å². The highest BCUT2D eigenvalue weighted by atomic mass is 16.3. The Bertz CT molecular complexity index is 3090. The molecule has 320 valence electrons. The molecule has 0 amide bonds. The van der Waals surface area contributed by atoms with Gasteiger partial charge in [-0.15, -0.1) is 0 Å². The van der Waals surface area contributed by atoms with E-state index in [1.165, 1.54) is 5.56 Å². The molecule has 0 unspecified atom stereocenters. The molecule has 0 spiro atoms. The van der Waals surface area contributed by atoms with Crippen molar-refractivity contribution in [2.75, 3.05) is 0 Å². The Morgan fingerprint density at radius 2 is 1.14 bits per heavy atom. The van der Waals surface area contributed by atoms with Gasteiger partial charge >= 0.3 is 0 Å². The molecule has 0 atom stereocenters. The Balaban J connectivity index is 1.42. The smallest absolute Gasteiger partial charge is 0.149 e. The first-order valence-electron chi connectivity index (χ1n) is 23.6. The van der Waals surface area contributed by atoms with Crippen LogP contribution in [0.1, 0.15) is 115 Å². The van der Waals surface area contributed by atoms with Crippen molar-refractivity contribution < 1.29 is 9.22 Å². The van der Waals surface area contributed by atoms with E-state index in [9.17, 15) is 5.11 Å². The third-order valence-electron chi connectivity index (χ3n) is 12.2. The van der Waals surface area contributed by atoms with E-state index in [-0.39, 0.29) is 27.6 Å². The minimum atomic E-state index is -2.39. The topological polar surface area (TPSA) is 50.9 Å². The molecule has 4 nitrogen and oxygen atoms in total. The summed E-state index contributed by atoms with van der Waals surface area (Å²) in [4.78, 5) is 10.5. The minimum Gasteiger partial charge on any atom is -0.507 e. The second-order valence-electron chi connectivity index (χ2n) is 21.3. The molecule has 0 saturated heterocycles. The average molecular weight is 833 g/mol. The first kappa shape index (κ1) is 39.6. The lowest BCUT2D eigenvalue weighted by Crippen LogP contribution is -2.17. The van der Waals surface area contributed by atoms with E-state index in [1.807, 2.05) is 59.3 Å². The van der Waals surface area contributed by atoms with Crippen molar-refractivity contribution >= 4 is 11.0 Å². The van der Waals surface area contributed by atoms with Crippen LogP contribution in [0, 0.1) is 6.85 Å². The number of hydrogen-bond donors (Lipinski definition) is 1. The summed E-state index contributed by atoms with van der Waals surface area (Å²) in [5.41, 5.74) is 14.1. The summed E-state index contributed by atoms with van der Waals surface area (Å²) in [5, 5.41) is 12.5. The quantitative estimate of drug-likeness (QED) is 0.182. The maximum atomic E-state index is 12.5. The lowest BCUT2D eigenvalue weighted by atomic mass is 9.79. The van der Waals surface area contributed by atoms with Gasteiger partial charge in [-0.1, -0.05) is 168 Å². The monoisotopic (exact) mass is 833 g/mol. The molecule has 0 aliphatic carbocycles. The van der Waals surface area contributed by atoms with Crippen molar-refractivity contribution in [2.24, 2.45) is 0 Å². The molecule has 0 fully saturated rings. The Hall–Kier alpha value is -6.26. The van der Waals surface area contributed by atoms with Gasteiger partial charge in [0.25, 0.3) is 0 Å². The predicted molar refractivity (Wildman–Crippen MR) is 267 cm³/mol. The number of pyridine rings is 1. The molecule has 4 heteroatoms. The number of aryl methyl sites for hydroxylation is 1. The van der Waals surface area contributed by atoms with Crippen LogP contribution in [0.4, 0.5) is 0 Å². The SMILES string of the molecule is [2H]C([2H])([2H])c1cc(-c2ccccc2)cc(-n2c(-c3cc(C(C)(C)C)cc(C(C)(C)C)c3O)nc3c(-c4cc(-c5cc(-c6ccc(C(C)(C)C)cc6)ccn5)cc(C(C)(C)C)c4)cccc32)c1. The van der Waals surface area contributed by atoms with Gasteiger partial charge in [0.05, 0.1) is 22.3 Å². The van der Waals surface area contributed by atoms with Gasteiger partial charge in [0, 0.05) is 32.7 Å². The molecular weight excluding hydrogens is 767 g/mol. The van der Waals surface area contributed by atoms with E-state index >= 15 is 0 Å². The number of imidazole rings is 1. The number of aromatic nitrogens is 3. The van der Waals surface area contributed by atoms with Crippen LogP contribution in [0.5, 0.6) is 5.75 Å². The minimum absolute atomic E-state index is 0.0598. The molecule has 0 radical (unpaired) electrons. The average Bonchev–Trinajstić information content (AvgIpc) is 3.64. The van der Waals surface area contributed by atoms with Gasteiger partial charge in [-0.25, -0.2) is 4.98 Å².